The summed E-state index contributed by atoms with van der Waals surface area (Å²) in [5, 5.41) is 12.4. The average Bonchev–Trinajstić information content (AvgIpc) is 2.45. The number of carbonyl (C=O) groups is 1. The summed E-state index contributed by atoms with van der Waals surface area (Å²) in [5.41, 5.74) is 0.0664. The van der Waals surface area contributed by atoms with Crippen LogP contribution >= 0.6 is 0 Å². The van der Waals surface area contributed by atoms with Gasteiger partial charge in [-0.1, -0.05) is 32.1 Å². The van der Waals surface area contributed by atoms with Crippen LogP contribution in [-0.4, -0.2) is 11.4 Å². The van der Waals surface area contributed by atoms with Crippen molar-refractivity contribution in [1.29, 1.82) is 5.26 Å². The van der Waals surface area contributed by atoms with Crippen molar-refractivity contribution >= 4 is 5.91 Å². The summed E-state index contributed by atoms with van der Waals surface area (Å²) in [6.45, 7) is 1.63. The second kappa shape index (κ2) is 6.71. The predicted molar refractivity (Wildman–Crippen MR) is 79.3 cm³/mol. The van der Waals surface area contributed by atoms with Crippen LogP contribution in [0.5, 0.6) is 0 Å². The van der Waals surface area contributed by atoms with E-state index in [1.165, 1.54) is 24.6 Å². The molecular weight excluding hydrogens is 267 g/mol. The quantitative estimate of drug-likeness (QED) is 0.898. The van der Waals surface area contributed by atoms with Crippen LogP contribution in [-0.2, 0) is 0 Å². The molecule has 0 atom stereocenters. The van der Waals surface area contributed by atoms with E-state index in [-0.39, 0.29) is 11.7 Å². The number of halogens is 1. The van der Waals surface area contributed by atoms with E-state index in [9.17, 15) is 14.4 Å². The van der Waals surface area contributed by atoms with E-state index in [0.717, 1.165) is 25.7 Å². The molecule has 0 unspecified atom stereocenters. The number of carbonyl (C=O) groups excluding carboxylic acids is 1. The Morgan fingerprint density at radius 2 is 1.86 bits per heavy atom. The van der Waals surface area contributed by atoms with Gasteiger partial charge in [0.1, 0.15) is 11.4 Å². The summed E-state index contributed by atoms with van der Waals surface area (Å²) in [6, 6.07) is 6.59. The first-order valence-corrected chi connectivity index (χ1v) is 7.56. The summed E-state index contributed by atoms with van der Waals surface area (Å²) in [6.07, 6.45) is 6.70. The molecule has 1 fully saturated rings. The third-order valence-corrected chi connectivity index (χ3v) is 4.19. The van der Waals surface area contributed by atoms with E-state index in [1.807, 2.05) is 0 Å². The Labute approximate surface area is 125 Å². The molecule has 1 aromatic carbocycles. The molecule has 4 heteroatoms. The van der Waals surface area contributed by atoms with Crippen LogP contribution in [0.15, 0.2) is 18.2 Å². The Bertz CT molecular complexity index is 554. The van der Waals surface area contributed by atoms with Crippen LogP contribution in [0.1, 0.15) is 60.9 Å². The van der Waals surface area contributed by atoms with E-state index >= 15 is 0 Å². The highest BCUT2D eigenvalue weighted by molar-refractivity contribution is 5.95. The van der Waals surface area contributed by atoms with Crippen LogP contribution in [0.25, 0.3) is 0 Å². The number of hydrogen-bond donors (Lipinski definition) is 1. The van der Waals surface area contributed by atoms with Crippen molar-refractivity contribution in [2.75, 3.05) is 0 Å². The van der Waals surface area contributed by atoms with E-state index in [0.29, 0.717) is 24.0 Å². The van der Waals surface area contributed by atoms with Crippen LogP contribution in [0.3, 0.4) is 0 Å². The normalized spacial score (nSPS) is 18.1. The van der Waals surface area contributed by atoms with E-state index < -0.39 is 5.54 Å². The van der Waals surface area contributed by atoms with Gasteiger partial charge in [-0.05, 0) is 43.5 Å². The molecule has 0 aliphatic heterocycles. The van der Waals surface area contributed by atoms with E-state index in [2.05, 4.69) is 11.4 Å². The lowest BCUT2D eigenvalue weighted by Gasteiger charge is -2.29. The van der Waals surface area contributed by atoms with Gasteiger partial charge in [0, 0.05) is 5.56 Å². The van der Waals surface area contributed by atoms with Crippen molar-refractivity contribution < 1.29 is 9.18 Å². The van der Waals surface area contributed by atoms with Gasteiger partial charge in [0.15, 0.2) is 0 Å². The molecule has 1 aliphatic rings. The van der Waals surface area contributed by atoms with Gasteiger partial charge in [-0.15, -0.1) is 0 Å². The van der Waals surface area contributed by atoms with E-state index in [1.54, 1.807) is 6.92 Å². The average molecular weight is 288 g/mol. The van der Waals surface area contributed by atoms with Crippen LogP contribution in [0, 0.1) is 24.1 Å². The lowest BCUT2D eigenvalue weighted by atomic mass is 9.85. The number of hydrogen-bond acceptors (Lipinski definition) is 2. The number of aryl methyl sites for hydroxylation is 1. The van der Waals surface area contributed by atoms with Gasteiger partial charge in [-0.2, -0.15) is 5.26 Å². The molecule has 0 saturated heterocycles. The highest BCUT2D eigenvalue weighted by Crippen LogP contribution is 2.26. The zero-order valence-corrected chi connectivity index (χ0v) is 12.4. The smallest absolute Gasteiger partial charge is 0.252 e. The first-order chi connectivity index (χ1) is 10.1. The predicted octanol–water partition coefficient (Wildman–Crippen LogP) is 3.87. The molecule has 0 heterocycles. The van der Waals surface area contributed by atoms with Crippen molar-refractivity contribution in [1.82, 2.24) is 5.32 Å². The molecule has 2 rings (SSSR count). The first-order valence-electron chi connectivity index (χ1n) is 7.56. The maximum absolute atomic E-state index is 13.3. The molecule has 112 valence electrons. The Morgan fingerprint density at radius 1 is 1.24 bits per heavy atom. The fraction of sp³-hybridized carbons (Fsp3) is 0.529. The van der Waals surface area contributed by atoms with Gasteiger partial charge in [0.05, 0.1) is 6.07 Å². The largest absolute Gasteiger partial charge is 0.334 e. The SMILES string of the molecule is Cc1cc(C(=O)NC2(C#N)CCCCCCC2)ccc1F. The molecular formula is C17H21FN2O. The van der Waals surface area contributed by atoms with Gasteiger partial charge in [0.2, 0.25) is 0 Å². The standard InChI is InChI=1S/C17H21FN2O/c1-13-11-14(7-8-15(13)18)16(21)20-17(12-19)9-5-3-2-4-6-10-17/h7-8,11H,2-6,9-10H2,1H3,(H,20,21). The number of nitrogens with zero attached hydrogens (tertiary/aromatic N) is 1. The molecule has 0 radical (unpaired) electrons. The summed E-state index contributed by atoms with van der Waals surface area (Å²) >= 11 is 0. The summed E-state index contributed by atoms with van der Waals surface area (Å²) in [7, 11) is 0. The van der Waals surface area contributed by atoms with Crippen molar-refractivity contribution in [2.45, 2.75) is 57.4 Å². The number of nitriles is 1. The topological polar surface area (TPSA) is 52.9 Å². The summed E-state index contributed by atoms with van der Waals surface area (Å²) in [4.78, 5) is 12.4. The maximum atomic E-state index is 13.3. The summed E-state index contributed by atoms with van der Waals surface area (Å²) in [5.74, 6) is -0.618. The van der Waals surface area contributed by atoms with Crippen LogP contribution in [0.2, 0.25) is 0 Å². The Balaban J connectivity index is 2.14. The van der Waals surface area contributed by atoms with Crippen molar-refractivity contribution in [3.63, 3.8) is 0 Å². The van der Waals surface area contributed by atoms with Gasteiger partial charge >= 0.3 is 0 Å². The zero-order valence-electron chi connectivity index (χ0n) is 12.4. The second-order valence-corrected chi connectivity index (χ2v) is 5.88. The molecule has 1 N–H and O–H groups in total. The van der Waals surface area contributed by atoms with Crippen molar-refractivity contribution in [3.05, 3.63) is 35.1 Å². The second-order valence-electron chi connectivity index (χ2n) is 5.88. The molecule has 0 spiro atoms. The number of amides is 1. The summed E-state index contributed by atoms with van der Waals surface area (Å²) < 4.78 is 13.3. The molecule has 1 aromatic rings. The Kier molecular flexibility index (Phi) is 4.95. The Morgan fingerprint density at radius 3 is 2.43 bits per heavy atom. The maximum Gasteiger partial charge on any atom is 0.252 e. The lowest BCUT2D eigenvalue weighted by molar-refractivity contribution is 0.0907. The molecule has 1 aliphatic carbocycles. The number of benzene rings is 1. The molecule has 3 nitrogen and oxygen atoms in total. The molecule has 21 heavy (non-hydrogen) atoms. The molecule has 1 saturated carbocycles. The third kappa shape index (κ3) is 3.81. The zero-order chi connectivity index (χ0) is 15.3. The first kappa shape index (κ1) is 15.5. The fourth-order valence-corrected chi connectivity index (χ4v) is 2.85. The molecule has 0 bridgehead atoms. The monoisotopic (exact) mass is 288 g/mol. The van der Waals surface area contributed by atoms with Gasteiger partial charge in [-0.25, -0.2) is 4.39 Å². The highest BCUT2D eigenvalue weighted by atomic mass is 19.1. The third-order valence-electron chi connectivity index (χ3n) is 4.19. The van der Waals surface area contributed by atoms with Gasteiger partial charge < -0.3 is 5.32 Å². The molecule has 1 amide bonds. The van der Waals surface area contributed by atoms with Crippen LogP contribution in [0.4, 0.5) is 4.39 Å². The number of nitrogens with one attached hydrogen (secondary N) is 1. The minimum absolute atomic E-state index is 0.291. The Hall–Kier alpha value is -1.89. The van der Waals surface area contributed by atoms with Crippen molar-refractivity contribution in [2.24, 2.45) is 0 Å². The van der Waals surface area contributed by atoms with Crippen LogP contribution < -0.4 is 5.32 Å². The minimum atomic E-state index is -0.778. The molecule has 0 aromatic heterocycles. The van der Waals surface area contributed by atoms with Gasteiger partial charge in [0.25, 0.3) is 5.91 Å². The van der Waals surface area contributed by atoms with Gasteiger partial charge in [-0.3, -0.25) is 4.79 Å². The lowest BCUT2D eigenvalue weighted by Crippen LogP contribution is -2.47. The minimum Gasteiger partial charge on any atom is -0.334 e. The van der Waals surface area contributed by atoms with E-state index in [4.69, 9.17) is 0 Å². The highest BCUT2D eigenvalue weighted by Gasteiger charge is 2.32. The fourth-order valence-electron chi connectivity index (χ4n) is 2.85. The van der Waals surface area contributed by atoms with Crippen molar-refractivity contribution in [3.8, 4) is 6.07 Å². The number of rotatable bonds is 2.